The van der Waals surface area contributed by atoms with E-state index in [9.17, 15) is 4.79 Å². The molecule has 11 heavy (non-hydrogen) atoms. The Hall–Kier alpha value is -0.850. The van der Waals surface area contributed by atoms with E-state index >= 15 is 0 Å². The van der Waals surface area contributed by atoms with Gasteiger partial charge in [0.1, 0.15) is 0 Å². The highest BCUT2D eigenvalue weighted by molar-refractivity contribution is 5.66. The van der Waals surface area contributed by atoms with Crippen molar-refractivity contribution in [1.29, 1.82) is 0 Å². The lowest BCUT2D eigenvalue weighted by Crippen LogP contribution is -1.87. The first-order valence-electron chi connectivity index (χ1n) is 4.00. The number of carbonyl (C=O) groups excluding carboxylic acids is 1. The summed E-state index contributed by atoms with van der Waals surface area (Å²) in [5.41, 5.74) is 0. The van der Waals surface area contributed by atoms with E-state index in [-0.39, 0.29) is 0 Å². The van der Waals surface area contributed by atoms with Gasteiger partial charge in [-0.2, -0.15) is 0 Å². The second kappa shape index (κ2) is 7.26. The summed E-state index contributed by atoms with van der Waals surface area (Å²) >= 11 is 0. The fraction of sp³-hybridized carbons (Fsp3) is 0.500. The van der Waals surface area contributed by atoms with Gasteiger partial charge in [0.15, 0.2) is 0 Å². The van der Waals surface area contributed by atoms with E-state index in [4.69, 9.17) is 0 Å². The zero-order chi connectivity index (χ0) is 8.53. The van der Waals surface area contributed by atoms with Crippen molar-refractivity contribution in [2.75, 3.05) is 0 Å². The average Bonchev–Trinajstić information content (AvgIpc) is 2.04. The van der Waals surface area contributed by atoms with Crippen molar-refractivity contribution < 1.29 is 4.79 Å². The van der Waals surface area contributed by atoms with Crippen molar-refractivity contribution in [2.45, 2.75) is 26.7 Å². The first-order chi connectivity index (χ1) is 5.31. The predicted molar refractivity (Wildman–Crippen MR) is 48.0 cm³/mol. The van der Waals surface area contributed by atoms with Crippen molar-refractivity contribution in [3.63, 3.8) is 0 Å². The third kappa shape index (κ3) is 7.04. The quantitative estimate of drug-likeness (QED) is 0.436. The number of rotatable bonds is 5. The lowest BCUT2D eigenvalue weighted by Gasteiger charge is -2.00. The summed E-state index contributed by atoms with van der Waals surface area (Å²) in [5.74, 6) is 0.736. The first-order valence-corrected chi connectivity index (χ1v) is 4.00. The Morgan fingerprint density at radius 3 is 2.73 bits per heavy atom. The molecule has 0 aromatic carbocycles. The van der Waals surface area contributed by atoms with E-state index in [0.29, 0.717) is 0 Å². The molecule has 1 heteroatoms. The zero-order valence-corrected chi connectivity index (χ0v) is 7.21. The molecule has 0 saturated carbocycles. The van der Waals surface area contributed by atoms with E-state index in [2.05, 4.69) is 19.9 Å². The molecule has 1 nitrogen and oxygen atoms in total. The summed E-state index contributed by atoms with van der Waals surface area (Å²) in [5, 5.41) is 0. The van der Waals surface area contributed by atoms with E-state index in [1.54, 1.807) is 12.4 Å². The van der Waals surface area contributed by atoms with Crippen molar-refractivity contribution in [2.24, 2.45) is 5.92 Å². The van der Waals surface area contributed by atoms with Crippen LogP contribution < -0.4 is 0 Å². The summed E-state index contributed by atoms with van der Waals surface area (Å²) in [6, 6.07) is 0. The third-order valence-electron chi connectivity index (χ3n) is 1.65. The van der Waals surface area contributed by atoms with Crippen LogP contribution in [0.3, 0.4) is 0 Å². The number of allylic oxidation sites excluding steroid dienone is 4. The van der Waals surface area contributed by atoms with E-state index in [0.717, 1.165) is 12.3 Å². The van der Waals surface area contributed by atoms with Gasteiger partial charge >= 0.3 is 0 Å². The Kier molecular flexibility index (Phi) is 6.70. The van der Waals surface area contributed by atoms with Crippen LogP contribution in [0.2, 0.25) is 0 Å². The fourth-order valence-electron chi connectivity index (χ4n) is 0.651. The van der Waals surface area contributed by atoms with Crippen molar-refractivity contribution in [3.8, 4) is 0 Å². The molecular formula is C10H15O. The van der Waals surface area contributed by atoms with Crippen LogP contribution >= 0.6 is 0 Å². The molecule has 0 spiro atoms. The summed E-state index contributed by atoms with van der Waals surface area (Å²) in [6.07, 6.45) is 11.0. The van der Waals surface area contributed by atoms with Gasteiger partial charge in [0.2, 0.25) is 6.29 Å². The molecule has 0 aromatic rings. The zero-order valence-electron chi connectivity index (χ0n) is 7.21. The summed E-state index contributed by atoms with van der Waals surface area (Å²) in [7, 11) is 0. The monoisotopic (exact) mass is 151 g/mol. The second-order valence-electron chi connectivity index (χ2n) is 2.65. The maximum atomic E-state index is 9.71. The van der Waals surface area contributed by atoms with Crippen LogP contribution in [-0.2, 0) is 4.79 Å². The van der Waals surface area contributed by atoms with Gasteiger partial charge in [0, 0.05) is 0 Å². The topological polar surface area (TPSA) is 17.1 Å². The minimum atomic E-state index is 0.736. The summed E-state index contributed by atoms with van der Waals surface area (Å²) in [4.78, 5) is 9.71. The highest BCUT2D eigenvalue weighted by Gasteiger charge is 1.91. The van der Waals surface area contributed by atoms with Gasteiger partial charge in [-0.3, -0.25) is 4.79 Å². The Morgan fingerprint density at radius 2 is 2.18 bits per heavy atom. The van der Waals surface area contributed by atoms with Crippen LogP contribution in [0.25, 0.3) is 0 Å². The van der Waals surface area contributed by atoms with Crippen LogP contribution in [0.4, 0.5) is 0 Å². The van der Waals surface area contributed by atoms with Crippen molar-refractivity contribution in [3.05, 3.63) is 24.3 Å². The highest BCUT2D eigenvalue weighted by atomic mass is 16.1. The number of hydrogen-bond acceptors (Lipinski definition) is 1. The Labute approximate surface area is 68.8 Å². The van der Waals surface area contributed by atoms with Crippen molar-refractivity contribution in [1.82, 2.24) is 0 Å². The lowest BCUT2D eigenvalue weighted by molar-refractivity contribution is 0.564. The molecule has 0 aliphatic rings. The smallest absolute Gasteiger partial charge is 0.225 e. The predicted octanol–water partition coefficient (Wildman–Crippen LogP) is 2.64. The van der Waals surface area contributed by atoms with E-state index < -0.39 is 0 Å². The Bertz CT molecular complexity index is 145. The molecule has 0 saturated heterocycles. The van der Waals surface area contributed by atoms with Crippen LogP contribution in [0.5, 0.6) is 0 Å². The molecule has 0 rings (SSSR count). The summed E-state index contributed by atoms with van der Waals surface area (Å²) < 4.78 is 0. The molecule has 0 aliphatic heterocycles. The van der Waals surface area contributed by atoms with E-state index in [1.807, 2.05) is 6.08 Å². The fourth-order valence-corrected chi connectivity index (χ4v) is 0.651. The van der Waals surface area contributed by atoms with Crippen LogP contribution in [0, 0.1) is 5.92 Å². The molecule has 0 N–H and O–H groups in total. The van der Waals surface area contributed by atoms with Crippen LogP contribution in [-0.4, -0.2) is 6.29 Å². The molecule has 1 radical (unpaired) electrons. The molecular weight excluding hydrogens is 136 g/mol. The SMILES string of the molecule is CCC(C)CC=CC=C[C]=O. The third-order valence-corrected chi connectivity index (χ3v) is 1.65. The molecule has 61 valence electrons. The normalized spacial score (nSPS) is 14.4. The van der Waals surface area contributed by atoms with Gasteiger partial charge < -0.3 is 0 Å². The van der Waals surface area contributed by atoms with Crippen molar-refractivity contribution >= 4 is 6.29 Å². The molecule has 0 heterocycles. The Balaban J connectivity index is 3.43. The van der Waals surface area contributed by atoms with E-state index in [1.165, 1.54) is 12.5 Å². The average molecular weight is 151 g/mol. The van der Waals surface area contributed by atoms with Gasteiger partial charge in [0.25, 0.3) is 0 Å². The molecule has 0 aromatic heterocycles. The second-order valence-corrected chi connectivity index (χ2v) is 2.65. The van der Waals surface area contributed by atoms with Crippen LogP contribution in [0.15, 0.2) is 24.3 Å². The minimum absolute atomic E-state index is 0.736. The standard InChI is InChI=1S/C10H15O/c1-3-10(2)8-6-4-5-7-9-11/h4-7,10H,3,8H2,1-2H3. The largest absolute Gasteiger partial charge is 0.286 e. The minimum Gasteiger partial charge on any atom is -0.286 e. The molecule has 1 unspecified atom stereocenters. The molecule has 0 aliphatic carbocycles. The van der Waals surface area contributed by atoms with Gasteiger partial charge in [0.05, 0.1) is 0 Å². The first kappa shape index (κ1) is 10.2. The lowest BCUT2D eigenvalue weighted by atomic mass is 10.1. The molecule has 1 atom stereocenters. The molecule has 0 amide bonds. The summed E-state index contributed by atoms with van der Waals surface area (Å²) in [6.45, 7) is 4.38. The molecule has 0 bridgehead atoms. The Morgan fingerprint density at radius 1 is 1.45 bits per heavy atom. The molecule has 0 fully saturated rings. The van der Waals surface area contributed by atoms with Gasteiger partial charge in [-0.15, -0.1) is 0 Å². The van der Waals surface area contributed by atoms with Gasteiger partial charge in [-0.05, 0) is 18.4 Å². The maximum absolute atomic E-state index is 9.71. The maximum Gasteiger partial charge on any atom is 0.225 e. The highest BCUT2D eigenvalue weighted by Crippen LogP contribution is 2.06. The van der Waals surface area contributed by atoms with Gasteiger partial charge in [-0.25, -0.2) is 0 Å². The van der Waals surface area contributed by atoms with Crippen LogP contribution in [0.1, 0.15) is 26.7 Å². The number of hydrogen-bond donors (Lipinski definition) is 0. The van der Waals surface area contributed by atoms with Gasteiger partial charge in [-0.1, -0.05) is 38.5 Å².